The minimum atomic E-state index is -4.46. The first-order valence-electron chi connectivity index (χ1n) is 11.7. The predicted octanol–water partition coefficient (Wildman–Crippen LogP) is 4.80. The number of ether oxygens (including phenoxy) is 1. The summed E-state index contributed by atoms with van der Waals surface area (Å²) in [5, 5.41) is 0. The van der Waals surface area contributed by atoms with Gasteiger partial charge in [-0.2, -0.15) is 13.2 Å². The van der Waals surface area contributed by atoms with E-state index < -0.39 is 11.9 Å². The summed E-state index contributed by atoms with van der Waals surface area (Å²) in [5.41, 5.74) is 0.988. The van der Waals surface area contributed by atoms with E-state index in [1.165, 1.54) is 17.8 Å². The first kappa shape index (κ1) is 24.3. The van der Waals surface area contributed by atoms with E-state index in [2.05, 4.69) is 22.0 Å². The second kappa shape index (κ2) is 10.2. The fourth-order valence-electron chi connectivity index (χ4n) is 4.86. The van der Waals surface area contributed by atoms with Gasteiger partial charge in [0, 0.05) is 32.7 Å². The third-order valence-electron chi connectivity index (χ3n) is 6.58. The van der Waals surface area contributed by atoms with E-state index in [4.69, 9.17) is 4.74 Å². The van der Waals surface area contributed by atoms with E-state index in [9.17, 15) is 18.0 Å². The van der Waals surface area contributed by atoms with Crippen molar-refractivity contribution in [1.29, 1.82) is 0 Å². The van der Waals surface area contributed by atoms with Crippen LogP contribution in [-0.2, 0) is 17.5 Å². The van der Waals surface area contributed by atoms with E-state index in [1.807, 2.05) is 36.9 Å². The molecule has 3 heterocycles. The lowest BCUT2D eigenvalue weighted by Gasteiger charge is -2.45. The molecule has 184 valence electrons. The number of anilines is 1. The van der Waals surface area contributed by atoms with Crippen molar-refractivity contribution in [3.63, 3.8) is 0 Å². The number of rotatable bonds is 4. The molecule has 2 aliphatic rings. The number of hydrogen-bond donors (Lipinski definition) is 0. The molecular weight excluding hydrogens is 445 g/mol. The molecule has 2 saturated heterocycles. The average molecular weight is 477 g/mol. The molecule has 0 aliphatic carbocycles. The maximum Gasteiger partial charge on any atom is 0.433 e. The second-order valence-corrected chi connectivity index (χ2v) is 9.25. The molecule has 2 aliphatic heterocycles. The van der Waals surface area contributed by atoms with Crippen molar-refractivity contribution in [2.24, 2.45) is 0 Å². The number of halogens is 3. The number of carbonyl (C=O) groups is 1. The molecule has 2 atom stereocenters. The molecule has 9 heteroatoms. The minimum absolute atomic E-state index is 0.101. The van der Waals surface area contributed by atoms with Crippen molar-refractivity contribution in [2.45, 2.75) is 57.6 Å². The highest BCUT2D eigenvalue weighted by molar-refractivity contribution is 5.69. The van der Waals surface area contributed by atoms with Crippen LogP contribution in [0.25, 0.3) is 0 Å². The lowest BCUT2D eigenvalue weighted by Crippen LogP contribution is -2.59. The summed E-state index contributed by atoms with van der Waals surface area (Å²) >= 11 is 0. The molecule has 0 spiro atoms. The van der Waals surface area contributed by atoms with Gasteiger partial charge in [0.2, 0.25) is 0 Å². The fourth-order valence-corrected chi connectivity index (χ4v) is 4.86. The van der Waals surface area contributed by atoms with Gasteiger partial charge in [-0.3, -0.25) is 9.80 Å². The molecule has 1 aromatic carbocycles. The zero-order chi connectivity index (χ0) is 24.3. The largest absolute Gasteiger partial charge is 0.446 e. The SMILES string of the molecule is C[C@@H]1CN(c2ccc(C(F)(F)F)nc2)C[C@@H](C)N1C(=O)OC1CCN(Cc2ccccc2)CC1. The number of amides is 1. The Bertz CT molecular complexity index is 935. The molecule has 2 aromatic rings. The van der Waals surface area contributed by atoms with Crippen molar-refractivity contribution in [3.8, 4) is 0 Å². The van der Waals surface area contributed by atoms with E-state index in [0.717, 1.165) is 38.5 Å². The van der Waals surface area contributed by atoms with Crippen LogP contribution in [-0.4, -0.2) is 65.2 Å². The highest BCUT2D eigenvalue weighted by Gasteiger charge is 2.36. The Morgan fingerprint density at radius 1 is 1.03 bits per heavy atom. The highest BCUT2D eigenvalue weighted by Crippen LogP contribution is 2.30. The number of piperazine rings is 1. The number of pyridine rings is 1. The van der Waals surface area contributed by atoms with Crippen LogP contribution >= 0.6 is 0 Å². The van der Waals surface area contributed by atoms with E-state index in [-0.39, 0.29) is 24.3 Å². The second-order valence-electron chi connectivity index (χ2n) is 9.25. The van der Waals surface area contributed by atoms with Crippen LogP contribution in [0.3, 0.4) is 0 Å². The van der Waals surface area contributed by atoms with Gasteiger partial charge in [0.1, 0.15) is 11.8 Å². The third-order valence-corrected chi connectivity index (χ3v) is 6.58. The summed E-state index contributed by atoms with van der Waals surface area (Å²) in [5.74, 6) is 0. The standard InChI is InChI=1S/C25H31F3N4O2/c1-18-15-31(21-8-9-23(29-14-21)25(26,27)28)16-19(2)32(18)24(33)34-22-10-12-30(13-11-22)17-20-6-4-3-5-7-20/h3-9,14,18-19,22H,10-13,15-17H2,1-2H3/t18-,19-/m1/s1. The Kier molecular flexibility index (Phi) is 7.30. The number of alkyl halides is 3. The Labute approximate surface area is 198 Å². The fraction of sp³-hybridized carbons (Fsp3) is 0.520. The molecule has 6 nitrogen and oxygen atoms in total. The van der Waals surface area contributed by atoms with E-state index >= 15 is 0 Å². The summed E-state index contributed by atoms with van der Waals surface area (Å²) in [7, 11) is 0. The summed E-state index contributed by atoms with van der Waals surface area (Å²) in [6, 6.07) is 12.5. The van der Waals surface area contributed by atoms with Gasteiger partial charge in [0.05, 0.1) is 24.0 Å². The Hall–Kier alpha value is -2.81. The molecule has 0 radical (unpaired) electrons. The molecule has 0 N–H and O–H groups in total. The Morgan fingerprint density at radius 2 is 1.68 bits per heavy atom. The van der Waals surface area contributed by atoms with Gasteiger partial charge in [-0.15, -0.1) is 0 Å². The van der Waals surface area contributed by atoms with Crippen LogP contribution in [0.1, 0.15) is 37.9 Å². The van der Waals surface area contributed by atoms with Crippen molar-refractivity contribution in [1.82, 2.24) is 14.8 Å². The monoisotopic (exact) mass is 476 g/mol. The zero-order valence-corrected chi connectivity index (χ0v) is 19.5. The number of nitrogens with zero attached hydrogens (tertiary/aromatic N) is 4. The van der Waals surface area contributed by atoms with Crippen LogP contribution < -0.4 is 4.90 Å². The molecule has 4 rings (SSSR count). The topological polar surface area (TPSA) is 48.9 Å². The minimum Gasteiger partial charge on any atom is -0.446 e. The molecular formula is C25H31F3N4O2. The zero-order valence-electron chi connectivity index (χ0n) is 19.5. The van der Waals surface area contributed by atoms with Crippen molar-refractivity contribution in [3.05, 3.63) is 59.9 Å². The number of aromatic nitrogens is 1. The van der Waals surface area contributed by atoms with Gasteiger partial charge >= 0.3 is 12.3 Å². The number of carbonyl (C=O) groups excluding carboxylic acids is 1. The quantitative estimate of drug-likeness (QED) is 0.635. The third kappa shape index (κ3) is 5.81. The van der Waals surface area contributed by atoms with Crippen LogP contribution in [0.4, 0.5) is 23.7 Å². The smallest absolute Gasteiger partial charge is 0.433 e. The maximum atomic E-state index is 13.0. The lowest BCUT2D eigenvalue weighted by atomic mass is 10.1. The Balaban J connectivity index is 1.28. The van der Waals surface area contributed by atoms with Crippen LogP contribution in [0.2, 0.25) is 0 Å². The van der Waals surface area contributed by atoms with Gasteiger partial charge < -0.3 is 9.64 Å². The van der Waals surface area contributed by atoms with Gasteiger partial charge in [-0.05, 0) is 44.4 Å². The van der Waals surface area contributed by atoms with Gasteiger partial charge in [-0.25, -0.2) is 9.78 Å². The van der Waals surface area contributed by atoms with Crippen LogP contribution in [0.15, 0.2) is 48.7 Å². The predicted molar refractivity (Wildman–Crippen MR) is 123 cm³/mol. The molecule has 0 saturated carbocycles. The van der Waals surface area contributed by atoms with Crippen LogP contribution in [0.5, 0.6) is 0 Å². The summed E-state index contributed by atoms with van der Waals surface area (Å²) < 4.78 is 44.3. The maximum absolute atomic E-state index is 13.0. The number of benzene rings is 1. The molecule has 0 bridgehead atoms. The molecule has 2 fully saturated rings. The average Bonchev–Trinajstić information content (AvgIpc) is 2.80. The number of piperidine rings is 1. The van der Waals surface area contributed by atoms with Crippen molar-refractivity contribution >= 4 is 11.8 Å². The number of likely N-dealkylation sites (tertiary alicyclic amines) is 1. The summed E-state index contributed by atoms with van der Waals surface area (Å²) in [4.78, 5) is 22.7. The summed E-state index contributed by atoms with van der Waals surface area (Å²) in [6.07, 6.45) is -2.02. The molecule has 0 unspecified atom stereocenters. The summed E-state index contributed by atoms with van der Waals surface area (Å²) in [6.45, 7) is 7.54. The van der Waals surface area contributed by atoms with Gasteiger partial charge in [0.25, 0.3) is 0 Å². The van der Waals surface area contributed by atoms with E-state index in [1.54, 1.807) is 4.90 Å². The van der Waals surface area contributed by atoms with Crippen molar-refractivity contribution in [2.75, 3.05) is 31.1 Å². The van der Waals surface area contributed by atoms with Crippen LogP contribution in [0, 0.1) is 0 Å². The van der Waals surface area contributed by atoms with Gasteiger partial charge in [0.15, 0.2) is 0 Å². The first-order chi connectivity index (χ1) is 16.2. The van der Waals surface area contributed by atoms with Gasteiger partial charge in [-0.1, -0.05) is 30.3 Å². The molecule has 34 heavy (non-hydrogen) atoms. The lowest BCUT2D eigenvalue weighted by molar-refractivity contribution is -0.141. The molecule has 1 amide bonds. The van der Waals surface area contributed by atoms with E-state index in [0.29, 0.717) is 18.8 Å². The number of hydrogen-bond acceptors (Lipinski definition) is 5. The Morgan fingerprint density at radius 3 is 2.24 bits per heavy atom. The first-order valence-corrected chi connectivity index (χ1v) is 11.7. The normalized spacial score (nSPS) is 22.6. The van der Waals surface area contributed by atoms with Crippen molar-refractivity contribution < 1.29 is 22.7 Å². The highest BCUT2D eigenvalue weighted by atomic mass is 19.4. The molecule has 1 aromatic heterocycles.